The number of amides is 1. The van der Waals surface area contributed by atoms with Gasteiger partial charge >= 0.3 is 0 Å². The second-order valence-corrected chi connectivity index (χ2v) is 5.11. The lowest BCUT2D eigenvalue weighted by molar-refractivity contribution is -0.122. The molecule has 18 heavy (non-hydrogen) atoms. The van der Waals surface area contributed by atoms with E-state index < -0.39 is 0 Å². The third kappa shape index (κ3) is 4.00. The lowest BCUT2D eigenvalue weighted by Crippen LogP contribution is -2.40. The molecule has 0 aromatic heterocycles. The first-order valence-corrected chi connectivity index (χ1v) is 6.89. The van der Waals surface area contributed by atoms with Crippen LogP contribution in [0.5, 0.6) is 0 Å². The number of carbonyl (C=O) groups is 1. The van der Waals surface area contributed by atoms with E-state index in [0.29, 0.717) is 0 Å². The lowest BCUT2D eigenvalue weighted by atomic mass is 10.1. The highest BCUT2D eigenvalue weighted by molar-refractivity contribution is 6.30. The molecule has 2 N–H and O–H groups in total. The monoisotopic (exact) mass is 266 g/mol. The van der Waals surface area contributed by atoms with E-state index in [1.165, 1.54) is 5.56 Å². The molecule has 1 heterocycles. The van der Waals surface area contributed by atoms with Crippen LogP contribution in [0.3, 0.4) is 0 Å². The summed E-state index contributed by atoms with van der Waals surface area (Å²) < 4.78 is 0. The smallest absolute Gasteiger partial charge is 0.237 e. The van der Waals surface area contributed by atoms with Crippen LogP contribution in [-0.4, -0.2) is 25.0 Å². The molecule has 0 bridgehead atoms. The van der Waals surface area contributed by atoms with Gasteiger partial charge in [-0.15, -0.1) is 0 Å². The molecule has 1 aliphatic heterocycles. The van der Waals surface area contributed by atoms with Gasteiger partial charge in [0, 0.05) is 11.6 Å². The van der Waals surface area contributed by atoms with Crippen LogP contribution >= 0.6 is 11.6 Å². The number of aryl methyl sites for hydroxylation is 1. The summed E-state index contributed by atoms with van der Waals surface area (Å²) in [4.78, 5) is 11.7. The third-order valence-corrected chi connectivity index (χ3v) is 3.48. The van der Waals surface area contributed by atoms with Gasteiger partial charge in [0.25, 0.3) is 0 Å². The molecule has 1 atom stereocenters. The van der Waals surface area contributed by atoms with Crippen molar-refractivity contribution in [1.29, 1.82) is 0 Å². The van der Waals surface area contributed by atoms with Crippen LogP contribution < -0.4 is 10.6 Å². The largest absolute Gasteiger partial charge is 0.355 e. The Morgan fingerprint density at radius 3 is 2.83 bits per heavy atom. The first kappa shape index (κ1) is 13.4. The zero-order valence-corrected chi connectivity index (χ0v) is 11.2. The third-order valence-electron chi connectivity index (χ3n) is 3.23. The van der Waals surface area contributed by atoms with Crippen molar-refractivity contribution < 1.29 is 4.79 Å². The first-order valence-electron chi connectivity index (χ1n) is 6.51. The molecule has 1 aliphatic rings. The van der Waals surface area contributed by atoms with Crippen molar-refractivity contribution in [2.75, 3.05) is 13.1 Å². The van der Waals surface area contributed by atoms with Gasteiger partial charge in [0.1, 0.15) is 0 Å². The predicted molar refractivity (Wildman–Crippen MR) is 73.8 cm³/mol. The van der Waals surface area contributed by atoms with Crippen molar-refractivity contribution in [1.82, 2.24) is 10.6 Å². The summed E-state index contributed by atoms with van der Waals surface area (Å²) in [5.74, 6) is 0.142. The maximum absolute atomic E-state index is 11.7. The molecule has 0 aliphatic carbocycles. The summed E-state index contributed by atoms with van der Waals surface area (Å²) in [5, 5.41) is 6.94. The Morgan fingerprint density at radius 2 is 2.17 bits per heavy atom. The predicted octanol–water partition coefficient (Wildman–Crippen LogP) is 2.14. The summed E-state index contributed by atoms with van der Waals surface area (Å²) in [7, 11) is 0. The van der Waals surface area contributed by atoms with Crippen molar-refractivity contribution >= 4 is 17.5 Å². The standard InChI is InChI=1S/C14H19ClN2O/c15-12-7-5-11(6-8-12)3-1-10-17-14(18)13-4-2-9-16-13/h5-8,13,16H,1-4,9-10H2,(H,17,18). The summed E-state index contributed by atoms with van der Waals surface area (Å²) >= 11 is 5.82. The van der Waals surface area contributed by atoms with Gasteiger partial charge in [-0.05, 0) is 49.9 Å². The molecule has 2 rings (SSSR count). The van der Waals surface area contributed by atoms with E-state index >= 15 is 0 Å². The molecule has 1 saturated heterocycles. The van der Waals surface area contributed by atoms with E-state index in [-0.39, 0.29) is 11.9 Å². The van der Waals surface area contributed by atoms with Crippen LogP contribution in [0.15, 0.2) is 24.3 Å². The number of nitrogens with one attached hydrogen (secondary N) is 2. The molecular weight excluding hydrogens is 248 g/mol. The van der Waals surface area contributed by atoms with Gasteiger partial charge in [-0.25, -0.2) is 0 Å². The van der Waals surface area contributed by atoms with Gasteiger partial charge in [0.2, 0.25) is 5.91 Å². The Kier molecular flexibility index (Phi) is 5.02. The Morgan fingerprint density at radius 1 is 1.39 bits per heavy atom. The van der Waals surface area contributed by atoms with Crippen molar-refractivity contribution in [2.45, 2.75) is 31.7 Å². The van der Waals surface area contributed by atoms with E-state index in [1.54, 1.807) is 0 Å². The van der Waals surface area contributed by atoms with E-state index in [1.807, 2.05) is 24.3 Å². The Hall–Kier alpha value is -1.06. The van der Waals surface area contributed by atoms with Crippen LogP contribution in [0.4, 0.5) is 0 Å². The van der Waals surface area contributed by atoms with Gasteiger partial charge in [-0.3, -0.25) is 4.79 Å². The second-order valence-electron chi connectivity index (χ2n) is 4.67. The molecule has 3 nitrogen and oxygen atoms in total. The quantitative estimate of drug-likeness (QED) is 0.802. The van der Waals surface area contributed by atoms with Crippen molar-refractivity contribution in [3.8, 4) is 0 Å². The van der Waals surface area contributed by atoms with Gasteiger partial charge < -0.3 is 10.6 Å². The summed E-state index contributed by atoms with van der Waals surface area (Å²) in [6, 6.07) is 7.89. The minimum Gasteiger partial charge on any atom is -0.355 e. The molecule has 0 spiro atoms. The average Bonchev–Trinajstić information content (AvgIpc) is 2.90. The Labute approximate surface area is 113 Å². The lowest BCUT2D eigenvalue weighted by Gasteiger charge is -2.10. The van der Waals surface area contributed by atoms with Crippen LogP contribution in [-0.2, 0) is 11.2 Å². The van der Waals surface area contributed by atoms with E-state index in [0.717, 1.165) is 43.8 Å². The van der Waals surface area contributed by atoms with Crippen LogP contribution in [0.2, 0.25) is 5.02 Å². The van der Waals surface area contributed by atoms with Crippen LogP contribution in [0.25, 0.3) is 0 Å². The van der Waals surface area contributed by atoms with Gasteiger partial charge in [-0.2, -0.15) is 0 Å². The fourth-order valence-electron chi connectivity index (χ4n) is 2.19. The summed E-state index contributed by atoms with van der Waals surface area (Å²) in [6.45, 7) is 1.70. The zero-order chi connectivity index (χ0) is 12.8. The average molecular weight is 267 g/mol. The molecule has 1 fully saturated rings. The van der Waals surface area contributed by atoms with Gasteiger partial charge in [0.15, 0.2) is 0 Å². The maximum Gasteiger partial charge on any atom is 0.237 e. The topological polar surface area (TPSA) is 41.1 Å². The fraction of sp³-hybridized carbons (Fsp3) is 0.500. The summed E-state index contributed by atoms with van der Waals surface area (Å²) in [5.41, 5.74) is 1.26. The molecule has 4 heteroatoms. The highest BCUT2D eigenvalue weighted by atomic mass is 35.5. The zero-order valence-electron chi connectivity index (χ0n) is 10.4. The normalized spacial score (nSPS) is 18.8. The minimum atomic E-state index is 0.0283. The number of carbonyl (C=O) groups excluding carboxylic acids is 1. The number of hydrogen-bond donors (Lipinski definition) is 2. The fourth-order valence-corrected chi connectivity index (χ4v) is 2.31. The Bertz CT molecular complexity index is 385. The van der Waals surface area contributed by atoms with Gasteiger partial charge in [-0.1, -0.05) is 23.7 Å². The first-order chi connectivity index (χ1) is 8.75. The molecule has 1 aromatic carbocycles. The minimum absolute atomic E-state index is 0.0283. The van der Waals surface area contributed by atoms with E-state index in [2.05, 4.69) is 10.6 Å². The molecule has 0 saturated carbocycles. The second kappa shape index (κ2) is 6.76. The van der Waals surface area contributed by atoms with E-state index in [9.17, 15) is 4.79 Å². The van der Waals surface area contributed by atoms with Crippen LogP contribution in [0.1, 0.15) is 24.8 Å². The molecule has 1 aromatic rings. The molecule has 98 valence electrons. The molecule has 1 unspecified atom stereocenters. The van der Waals surface area contributed by atoms with Crippen molar-refractivity contribution in [2.24, 2.45) is 0 Å². The number of hydrogen-bond acceptors (Lipinski definition) is 2. The summed E-state index contributed by atoms with van der Waals surface area (Å²) in [6.07, 6.45) is 3.99. The Balaban J connectivity index is 1.63. The maximum atomic E-state index is 11.7. The number of rotatable bonds is 5. The van der Waals surface area contributed by atoms with Crippen LogP contribution in [0, 0.1) is 0 Å². The molecular formula is C14H19ClN2O. The van der Waals surface area contributed by atoms with E-state index in [4.69, 9.17) is 11.6 Å². The van der Waals surface area contributed by atoms with Gasteiger partial charge in [0.05, 0.1) is 6.04 Å². The molecule has 1 amide bonds. The SMILES string of the molecule is O=C(NCCCc1ccc(Cl)cc1)C1CCCN1. The van der Waals surface area contributed by atoms with Crippen molar-refractivity contribution in [3.05, 3.63) is 34.9 Å². The highest BCUT2D eigenvalue weighted by Crippen LogP contribution is 2.10. The number of benzene rings is 1. The molecule has 0 radical (unpaired) electrons. The highest BCUT2D eigenvalue weighted by Gasteiger charge is 2.20. The van der Waals surface area contributed by atoms with Crippen molar-refractivity contribution in [3.63, 3.8) is 0 Å². The number of halogens is 1.